The minimum Gasteiger partial charge on any atom is -0.451 e. The van der Waals surface area contributed by atoms with E-state index in [1.54, 1.807) is 13.8 Å². The zero-order valence-electron chi connectivity index (χ0n) is 28.7. The van der Waals surface area contributed by atoms with Crippen molar-refractivity contribution in [1.29, 1.82) is 0 Å². The van der Waals surface area contributed by atoms with Gasteiger partial charge in [-0.05, 0) is 35.4 Å². The molecule has 59 heavy (non-hydrogen) atoms. The molecule has 0 bridgehead atoms. The van der Waals surface area contributed by atoms with Gasteiger partial charge in [-0.25, -0.2) is 61.5 Å². The molecule has 0 amide bonds. The Labute approximate surface area is 317 Å². The number of ether oxygens (including phenoxy) is 2. The maximum absolute atomic E-state index is 15.0. The van der Waals surface area contributed by atoms with Crippen molar-refractivity contribution >= 4 is 0 Å². The summed E-state index contributed by atoms with van der Waals surface area (Å²) in [5, 5.41) is 0. The molecule has 20 heteroatoms. The standard InChI is InChI=1S/C39H14F18O2/c1-39(2,11-3-7-13(8-4-11)58-37-33(54)23(44)17(24(45)34(37)55)15-19(40)27(48)31(52)28(49)20(15)41)12-5-9-14(10-6-12)59-38-35(56)25(46)18(26(47)36(38)57)16-21(42)29(50)32(53)30(51)22(16)43/h3-10H,1-2H3. The van der Waals surface area contributed by atoms with E-state index in [1.165, 1.54) is 24.3 Å². The molecule has 0 radical (unpaired) electrons. The number of benzene rings is 6. The highest BCUT2D eigenvalue weighted by atomic mass is 19.2. The number of hydrogen-bond acceptors (Lipinski definition) is 2. The second-order valence-electron chi connectivity index (χ2n) is 12.7. The van der Waals surface area contributed by atoms with E-state index in [2.05, 4.69) is 0 Å². The van der Waals surface area contributed by atoms with Crippen LogP contribution in [0, 0.1) is 105 Å². The van der Waals surface area contributed by atoms with Gasteiger partial charge in [0.25, 0.3) is 0 Å². The van der Waals surface area contributed by atoms with Crippen molar-refractivity contribution in [2.75, 3.05) is 0 Å². The molecule has 0 heterocycles. The molecule has 0 unspecified atom stereocenters. The highest BCUT2D eigenvalue weighted by molar-refractivity contribution is 5.70. The Kier molecular flexibility index (Phi) is 10.8. The normalized spacial score (nSPS) is 11.7. The van der Waals surface area contributed by atoms with E-state index in [1.807, 2.05) is 0 Å². The first-order chi connectivity index (χ1) is 27.5. The maximum Gasteiger partial charge on any atom is 0.205 e. The van der Waals surface area contributed by atoms with Gasteiger partial charge in [0.2, 0.25) is 46.4 Å². The minimum atomic E-state index is -2.74. The van der Waals surface area contributed by atoms with Crippen molar-refractivity contribution in [3.8, 4) is 45.3 Å². The van der Waals surface area contributed by atoms with Crippen LogP contribution in [-0.2, 0) is 5.41 Å². The summed E-state index contributed by atoms with van der Waals surface area (Å²) in [6, 6.07) is 9.11. The fourth-order valence-electron chi connectivity index (χ4n) is 5.77. The van der Waals surface area contributed by atoms with Crippen molar-refractivity contribution in [2.24, 2.45) is 0 Å². The second-order valence-corrected chi connectivity index (χ2v) is 12.7. The lowest BCUT2D eigenvalue weighted by molar-refractivity contribution is 0.363. The summed E-state index contributed by atoms with van der Waals surface area (Å²) < 4.78 is 268. The SMILES string of the molecule is CC(C)(c1ccc(Oc2c(F)c(F)c(-c3c(F)c(F)c(F)c(F)c3F)c(F)c2F)cc1)c1ccc(Oc2c(F)c(F)c(-c3c(F)c(F)c(F)c(F)c3F)c(F)c2F)cc1. The molecule has 0 aliphatic rings. The van der Waals surface area contributed by atoms with Gasteiger partial charge in [-0.15, -0.1) is 0 Å². The molecule has 0 N–H and O–H groups in total. The third-order valence-corrected chi connectivity index (χ3v) is 8.96. The molecule has 6 rings (SSSR count). The Hall–Kier alpha value is -6.34. The van der Waals surface area contributed by atoms with Crippen molar-refractivity contribution < 1.29 is 88.5 Å². The smallest absolute Gasteiger partial charge is 0.205 e. The molecular weight excluding hydrogens is 842 g/mol. The molecule has 0 saturated carbocycles. The van der Waals surface area contributed by atoms with Crippen LogP contribution in [-0.4, -0.2) is 0 Å². The van der Waals surface area contributed by atoms with Crippen LogP contribution in [0.2, 0.25) is 0 Å². The molecule has 6 aromatic rings. The average Bonchev–Trinajstić information content (AvgIpc) is 3.22. The lowest BCUT2D eigenvalue weighted by Crippen LogP contribution is -2.18. The molecule has 0 spiro atoms. The van der Waals surface area contributed by atoms with Gasteiger partial charge in [-0.1, -0.05) is 38.1 Å². The Morgan fingerprint density at radius 2 is 0.458 bits per heavy atom. The van der Waals surface area contributed by atoms with E-state index in [-0.39, 0.29) is 0 Å². The Balaban J connectivity index is 1.25. The van der Waals surface area contributed by atoms with Crippen LogP contribution in [0.4, 0.5) is 79.0 Å². The van der Waals surface area contributed by atoms with Crippen LogP contribution >= 0.6 is 0 Å². The van der Waals surface area contributed by atoms with Gasteiger partial charge in [0.05, 0.1) is 22.3 Å². The van der Waals surface area contributed by atoms with Gasteiger partial charge in [-0.2, -0.15) is 17.6 Å². The summed E-state index contributed by atoms with van der Waals surface area (Å²) in [4.78, 5) is 0. The quantitative estimate of drug-likeness (QED) is 0.0863. The Morgan fingerprint density at radius 3 is 0.678 bits per heavy atom. The van der Waals surface area contributed by atoms with E-state index in [4.69, 9.17) is 9.47 Å². The first kappa shape index (κ1) is 42.3. The first-order valence-corrected chi connectivity index (χ1v) is 15.9. The largest absolute Gasteiger partial charge is 0.451 e. The summed E-state index contributed by atoms with van der Waals surface area (Å²) in [7, 11) is 0. The van der Waals surface area contributed by atoms with Gasteiger partial charge in [0, 0.05) is 5.41 Å². The monoisotopic (exact) mass is 856 g/mol. The molecular formula is C39H14F18O2. The van der Waals surface area contributed by atoms with E-state index in [9.17, 15) is 79.0 Å². The van der Waals surface area contributed by atoms with E-state index >= 15 is 0 Å². The van der Waals surface area contributed by atoms with E-state index in [0.717, 1.165) is 24.3 Å². The molecule has 6 aromatic carbocycles. The van der Waals surface area contributed by atoms with E-state index < -0.39 is 155 Å². The van der Waals surface area contributed by atoms with E-state index in [0.29, 0.717) is 11.1 Å². The van der Waals surface area contributed by atoms with Gasteiger partial charge in [0.1, 0.15) is 11.5 Å². The van der Waals surface area contributed by atoms with Crippen molar-refractivity contribution in [1.82, 2.24) is 0 Å². The number of hydrogen-bond donors (Lipinski definition) is 0. The molecule has 0 saturated heterocycles. The number of rotatable bonds is 8. The van der Waals surface area contributed by atoms with Crippen molar-refractivity contribution in [3.05, 3.63) is 164 Å². The van der Waals surface area contributed by atoms with Crippen LogP contribution in [0.15, 0.2) is 48.5 Å². The highest BCUT2D eigenvalue weighted by Gasteiger charge is 2.37. The zero-order chi connectivity index (χ0) is 43.7. The second kappa shape index (κ2) is 15.1. The highest BCUT2D eigenvalue weighted by Crippen LogP contribution is 2.44. The fourth-order valence-corrected chi connectivity index (χ4v) is 5.77. The number of halogens is 18. The molecule has 0 aromatic heterocycles. The summed E-state index contributed by atoms with van der Waals surface area (Å²) in [5.41, 5.74) is -9.48. The first-order valence-electron chi connectivity index (χ1n) is 15.9. The third-order valence-electron chi connectivity index (χ3n) is 8.96. The van der Waals surface area contributed by atoms with Crippen LogP contribution in [0.5, 0.6) is 23.0 Å². The third kappa shape index (κ3) is 6.72. The average molecular weight is 857 g/mol. The van der Waals surface area contributed by atoms with Crippen LogP contribution < -0.4 is 9.47 Å². The zero-order valence-corrected chi connectivity index (χ0v) is 28.7. The predicted molar refractivity (Wildman–Crippen MR) is 168 cm³/mol. The Bertz CT molecular complexity index is 2410. The summed E-state index contributed by atoms with van der Waals surface area (Å²) >= 11 is 0. The van der Waals surface area contributed by atoms with Crippen molar-refractivity contribution in [2.45, 2.75) is 19.3 Å². The van der Waals surface area contributed by atoms with Crippen LogP contribution in [0.3, 0.4) is 0 Å². The van der Waals surface area contributed by atoms with Crippen LogP contribution in [0.25, 0.3) is 22.3 Å². The minimum absolute atomic E-state index is 0.350. The van der Waals surface area contributed by atoms with Crippen molar-refractivity contribution in [3.63, 3.8) is 0 Å². The molecule has 0 fully saturated rings. The molecule has 308 valence electrons. The molecule has 0 atom stereocenters. The summed E-state index contributed by atoms with van der Waals surface area (Å²) in [5.74, 6) is -51.8. The topological polar surface area (TPSA) is 18.5 Å². The molecule has 0 aliphatic carbocycles. The summed E-state index contributed by atoms with van der Waals surface area (Å²) in [6.45, 7) is 3.15. The van der Waals surface area contributed by atoms with Crippen LogP contribution in [0.1, 0.15) is 25.0 Å². The summed E-state index contributed by atoms with van der Waals surface area (Å²) in [6.07, 6.45) is 0. The lowest BCUT2D eigenvalue weighted by Gasteiger charge is -2.26. The predicted octanol–water partition coefficient (Wildman–Crippen LogP) is 13.4. The maximum atomic E-state index is 15.0. The fraction of sp³-hybridized carbons (Fsp3) is 0.0769. The van der Waals surface area contributed by atoms with Gasteiger partial charge in [0.15, 0.2) is 69.8 Å². The van der Waals surface area contributed by atoms with Gasteiger partial charge < -0.3 is 9.47 Å². The molecule has 0 aliphatic heterocycles. The van der Waals surface area contributed by atoms with Gasteiger partial charge in [-0.3, -0.25) is 0 Å². The van der Waals surface area contributed by atoms with Gasteiger partial charge >= 0.3 is 0 Å². The lowest BCUT2D eigenvalue weighted by atomic mass is 9.78. The Morgan fingerprint density at radius 1 is 0.271 bits per heavy atom. The molecule has 2 nitrogen and oxygen atoms in total.